The highest BCUT2D eigenvalue weighted by Crippen LogP contribution is 2.31. The summed E-state index contributed by atoms with van der Waals surface area (Å²) in [4.78, 5) is 4.37. The van der Waals surface area contributed by atoms with E-state index in [1.54, 1.807) is 24.4 Å². The molecule has 0 aliphatic carbocycles. The highest BCUT2D eigenvalue weighted by atomic mass is 35.5. The third-order valence-electron chi connectivity index (χ3n) is 2.85. The summed E-state index contributed by atoms with van der Waals surface area (Å²) in [7, 11) is 0. The van der Waals surface area contributed by atoms with Gasteiger partial charge in [-0.25, -0.2) is 0 Å². The summed E-state index contributed by atoms with van der Waals surface area (Å²) in [6, 6.07) is 10.9. The number of halogens is 1. The molecule has 0 bridgehead atoms. The molecule has 0 amide bonds. The molecule has 0 heterocycles. The van der Waals surface area contributed by atoms with Crippen molar-refractivity contribution >= 4 is 23.5 Å². The van der Waals surface area contributed by atoms with Gasteiger partial charge in [0.1, 0.15) is 0 Å². The van der Waals surface area contributed by atoms with Gasteiger partial charge < -0.3 is 9.84 Å². The Kier molecular flexibility index (Phi) is 4.64. The quantitative estimate of drug-likeness (QED) is 0.842. The number of aromatic hydroxyl groups is 1. The monoisotopic (exact) mass is 289 g/mol. The average molecular weight is 290 g/mol. The zero-order valence-corrected chi connectivity index (χ0v) is 12.2. The largest absolute Gasteiger partial charge is 0.504 e. The number of phenols is 1. The van der Waals surface area contributed by atoms with E-state index in [4.69, 9.17) is 16.3 Å². The zero-order chi connectivity index (χ0) is 14.5. The molecule has 1 N–H and O–H groups in total. The van der Waals surface area contributed by atoms with Gasteiger partial charge >= 0.3 is 0 Å². The Morgan fingerprint density at radius 1 is 1.25 bits per heavy atom. The number of rotatable bonds is 4. The van der Waals surface area contributed by atoms with Gasteiger partial charge in [0.15, 0.2) is 11.5 Å². The van der Waals surface area contributed by atoms with Crippen molar-refractivity contribution in [3.63, 3.8) is 0 Å². The fourth-order valence-corrected chi connectivity index (χ4v) is 2.11. The minimum atomic E-state index is 0.0859. The molecule has 0 radical (unpaired) electrons. The lowest BCUT2D eigenvalue weighted by Gasteiger charge is -2.07. The molecular weight excluding hydrogens is 274 g/mol. The van der Waals surface area contributed by atoms with Crippen LogP contribution in [-0.4, -0.2) is 17.9 Å². The Labute approximate surface area is 123 Å². The summed E-state index contributed by atoms with van der Waals surface area (Å²) in [6.45, 7) is 4.31. The van der Waals surface area contributed by atoms with Crippen molar-refractivity contribution in [1.29, 1.82) is 0 Å². The van der Waals surface area contributed by atoms with E-state index in [0.717, 1.165) is 5.56 Å². The maximum Gasteiger partial charge on any atom is 0.166 e. The normalized spacial score (nSPS) is 10.9. The Balaban J connectivity index is 2.35. The van der Waals surface area contributed by atoms with Gasteiger partial charge in [0.05, 0.1) is 17.3 Å². The molecule has 4 heteroatoms. The lowest BCUT2D eigenvalue weighted by atomic mass is 10.2. The highest BCUT2D eigenvalue weighted by molar-refractivity contribution is 6.33. The van der Waals surface area contributed by atoms with E-state index >= 15 is 0 Å². The van der Waals surface area contributed by atoms with Gasteiger partial charge in [0.25, 0.3) is 0 Å². The Hall–Kier alpha value is -2.00. The molecule has 0 atom stereocenters. The smallest absolute Gasteiger partial charge is 0.166 e. The summed E-state index contributed by atoms with van der Waals surface area (Å²) in [5, 5.41) is 10.7. The van der Waals surface area contributed by atoms with Gasteiger partial charge in [-0.2, -0.15) is 0 Å². The first-order valence-electron chi connectivity index (χ1n) is 6.37. The number of phenolic OH excluding ortho intramolecular Hbond substituents is 1. The highest BCUT2D eigenvalue weighted by Gasteiger charge is 2.06. The van der Waals surface area contributed by atoms with Gasteiger partial charge in [-0.3, -0.25) is 4.99 Å². The van der Waals surface area contributed by atoms with E-state index in [-0.39, 0.29) is 5.75 Å². The van der Waals surface area contributed by atoms with Crippen molar-refractivity contribution in [2.24, 2.45) is 4.99 Å². The maximum absolute atomic E-state index is 10.1. The van der Waals surface area contributed by atoms with E-state index in [2.05, 4.69) is 4.99 Å². The second-order valence-corrected chi connectivity index (χ2v) is 4.70. The first-order valence-corrected chi connectivity index (χ1v) is 6.75. The first-order chi connectivity index (χ1) is 9.63. The molecule has 104 valence electrons. The van der Waals surface area contributed by atoms with Crippen LogP contribution in [0.2, 0.25) is 5.02 Å². The fourth-order valence-electron chi connectivity index (χ4n) is 1.84. The predicted molar refractivity (Wildman–Crippen MR) is 82.7 cm³/mol. The number of para-hydroxylation sites is 2. The van der Waals surface area contributed by atoms with Crippen molar-refractivity contribution in [1.82, 2.24) is 0 Å². The third kappa shape index (κ3) is 3.11. The molecule has 0 aromatic heterocycles. The Morgan fingerprint density at radius 3 is 2.70 bits per heavy atom. The van der Waals surface area contributed by atoms with E-state index in [1.165, 1.54) is 0 Å². The average Bonchev–Trinajstić information content (AvgIpc) is 2.42. The molecule has 0 saturated carbocycles. The lowest BCUT2D eigenvalue weighted by molar-refractivity contribution is 0.318. The Morgan fingerprint density at radius 2 is 2.00 bits per heavy atom. The van der Waals surface area contributed by atoms with E-state index in [1.807, 2.05) is 32.0 Å². The molecule has 2 aromatic rings. The molecule has 0 aliphatic rings. The molecular formula is C16H16ClNO2. The molecule has 0 aliphatic heterocycles. The SMILES string of the molecule is CCOc1cccc(C=Nc2c(C)cccc2Cl)c1O. The van der Waals surface area contributed by atoms with Crippen LogP contribution in [0.3, 0.4) is 0 Å². The van der Waals surface area contributed by atoms with E-state index in [0.29, 0.717) is 28.6 Å². The fraction of sp³-hybridized carbons (Fsp3) is 0.188. The van der Waals surface area contributed by atoms with Crippen LogP contribution < -0.4 is 4.74 Å². The van der Waals surface area contributed by atoms with Gasteiger partial charge in [-0.1, -0.05) is 29.8 Å². The number of ether oxygens (including phenoxy) is 1. The molecule has 0 spiro atoms. The van der Waals surface area contributed by atoms with Crippen molar-refractivity contribution in [2.45, 2.75) is 13.8 Å². The standard InChI is InChI=1S/C16H16ClNO2/c1-3-20-14-9-5-7-12(16(14)19)10-18-15-11(2)6-4-8-13(15)17/h4-10,19H,3H2,1-2H3. The number of benzene rings is 2. The molecule has 2 aromatic carbocycles. The van der Waals surface area contributed by atoms with Crippen molar-refractivity contribution in [3.8, 4) is 11.5 Å². The summed E-state index contributed by atoms with van der Waals surface area (Å²) in [5.41, 5.74) is 2.28. The summed E-state index contributed by atoms with van der Waals surface area (Å²) < 4.78 is 5.34. The maximum atomic E-state index is 10.1. The number of aryl methyl sites for hydroxylation is 1. The molecule has 0 unspecified atom stereocenters. The zero-order valence-electron chi connectivity index (χ0n) is 11.4. The van der Waals surface area contributed by atoms with Crippen LogP contribution >= 0.6 is 11.6 Å². The minimum absolute atomic E-state index is 0.0859. The summed E-state index contributed by atoms with van der Waals surface area (Å²) >= 11 is 6.12. The van der Waals surface area contributed by atoms with Gasteiger partial charge in [-0.15, -0.1) is 0 Å². The Bertz CT molecular complexity index is 618. The molecule has 0 fully saturated rings. The first kappa shape index (κ1) is 14.4. The lowest BCUT2D eigenvalue weighted by Crippen LogP contribution is -1.93. The molecule has 3 nitrogen and oxygen atoms in total. The number of hydrogen-bond donors (Lipinski definition) is 1. The molecule has 20 heavy (non-hydrogen) atoms. The van der Waals surface area contributed by atoms with Gasteiger partial charge in [0.2, 0.25) is 0 Å². The topological polar surface area (TPSA) is 41.8 Å². The minimum Gasteiger partial charge on any atom is -0.504 e. The van der Waals surface area contributed by atoms with E-state index < -0.39 is 0 Å². The van der Waals surface area contributed by atoms with Crippen molar-refractivity contribution < 1.29 is 9.84 Å². The summed E-state index contributed by atoms with van der Waals surface area (Å²) in [6.07, 6.45) is 1.59. The number of nitrogens with zero attached hydrogens (tertiary/aromatic N) is 1. The van der Waals surface area contributed by atoms with Crippen LogP contribution in [0.15, 0.2) is 41.4 Å². The molecule has 0 saturated heterocycles. The van der Waals surface area contributed by atoms with Crippen LogP contribution in [0.5, 0.6) is 11.5 Å². The summed E-state index contributed by atoms with van der Waals surface area (Å²) in [5.74, 6) is 0.537. The second-order valence-electron chi connectivity index (χ2n) is 4.29. The molecule has 2 rings (SSSR count). The van der Waals surface area contributed by atoms with Gasteiger partial charge in [0, 0.05) is 11.8 Å². The van der Waals surface area contributed by atoms with Crippen LogP contribution in [0.4, 0.5) is 5.69 Å². The van der Waals surface area contributed by atoms with Crippen LogP contribution in [0, 0.1) is 6.92 Å². The predicted octanol–water partition coefficient (Wildman–Crippen LogP) is 4.50. The number of aliphatic imine (C=N–C) groups is 1. The van der Waals surface area contributed by atoms with Gasteiger partial charge in [-0.05, 0) is 37.6 Å². The van der Waals surface area contributed by atoms with Crippen molar-refractivity contribution in [2.75, 3.05) is 6.61 Å². The van der Waals surface area contributed by atoms with Crippen molar-refractivity contribution in [3.05, 3.63) is 52.5 Å². The van der Waals surface area contributed by atoms with Crippen LogP contribution in [-0.2, 0) is 0 Å². The van der Waals surface area contributed by atoms with Crippen LogP contribution in [0.1, 0.15) is 18.1 Å². The van der Waals surface area contributed by atoms with E-state index in [9.17, 15) is 5.11 Å². The second kappa shape index (κ2) is 6.44. The number of hydrogen-bond acceptors (Lipinski definition) is 3. The third-order valence-corrected chi connectivity index (χ3v) is 3.16. The van der Waals surface area contributed by atoms with Crippen LogP contribution in [0.25, 0.3) is 0 Å².